The van der Waals surface area contributed by atoms with Crippen LogP contribution in [0.3, 0.4) is 0 Å². The van der Waals surface area contributed by atoms with E-state index in [0.717, 1.165) is 50.7 Å². The fraction of sp³-hybridized carbons (Fsp3) is 0.548. The van der Waals surface area contributed by atoms with E-state index < -0.39 is 21.8 Å². The van der Waals surface area contributed by atoms with Crippen LogP contribution in [-0.2, 0) is 15.6 Å². The summed E-state index contributed by atoms with van der Waals surface area (Å²) in [6, 6.07) is 13.0. The number of benzene rings is 2. The van der Waals surface area contributed by atoms with Gasteiger partial charge in [-0.3, -0.25) is 0 Å². The third-order valence-corrected chi connectivity index (χ3v) is 11.9. The summed E-state index contributed by atoms with van der Waals surface area (Å²) < 4.78 is 56.7. The van der Waals surface area contributed by atoms with Gasteiger partial charge in [-0.05, 0) is 98.4 Å². The van der Waals surface area contributed by atoms with Crippen molar-refractivity contribution in [1.82, 2.24) is 13.5 Å². The Bertz CT molecular complexity index is 1480. The molecule has 2 saturated heterocycles. The second-order valence-corrected chi connectivity index (χ2v) is 14.3. The lowest BCUT2D eigenvalue weighted by Crippen LogP contribution is -2.50. The molecule has 0 radical (unpaired) electrons. The zero-order valence-electron chi connectivity index (χ0n) is 23.6. The van der Waals surface area contributed by atoms with Crippen molar-refractivity contribution in [2.45, 2.75) is 62.8 Å². The third-order valence-electron chi connectivity index (χ3n) is 9.90. The smallest absolute Gasteiger partial charge is 0.321 e. The molecule has 2 saturated carbocycles. The number of nitrogens with zero attached hydrogens (tertiary/aromatic N) is 4. The topological polar surface area (TPSA) is 96.8 Å². The molecule has 2 heterocycles. The summed E-state index contributed by atoms with van der Waals surface area (Å²) in [5.41, 5.74) is 2.08. The minimum absolute atomic E-state index is 0.0265. The van der Waals surface area contributed by atoms with E-state index in [1.165, 1.54) is 11.6 Å². The maximum atomic E-state index is 13.9. The molecule has 2 aromatic rings. The summed E-state index contributed by atoms with van der Waals surface area (Å²) in [5, 5.41) is 12.2. The van der Waals surface area contributed by atoms with E-state index >= 15 is 0 Å². The highest BCUT2D eigenvalue weighted by Gasteiger charge is 2.58. The number of urea groups is 1. The quantitative estimate of drug-likeness (QED) is 0.473. The fourth-order valence-electron chi connectivity index (χ4n) is 7.40. The van der Waals surface area contributed by atoms with E-state index in [0.29, 0.717) is 57.0 Å². The number of piperidine rings is 1. The standard InChI is InChI=1S/C31H37F2N5O3S/c32-28-7-6-26(18-29(28)33)35-30(39)38(21-22-9-14-37(15-10-22)42(40,41)36-12-1-2-13-36)27-8-11-31(19-25(31)17-27)24-5-3-4-23(16-24)20-34/h3-7,16,18,22,25,27H,1-2,8-15,17,19,21H2,(H,35,39)/t25?,27?,31-/m1/s1. The van der Waals surface area contributed by atoms with E-state index in [-0.39, 0.29) is 29.1 Å². The summed E-state index contributed by atoms with van der Waals surface area (Å²) in [5.74, 6) is -1.47. The van der Waals surface area contributed by atoms with Gasteiger partial charge < -0.3 is 10.2 Å². The van der Waals surface area contributed by atoms with Gasteiger partial charge in [0.1, 0.15) is 0 Å². The number of hydrogen-bond donors (Lipinski definition) is 1. The average Bonchev–Trinajstić information content (AvgIpc) is 3.46. The molecular formula is C31H37F2N5O3S. The van der Waals surface area contributed by atoms with Crippen LogP contribution < -0.4 is 5.32 Å². The lowest BCUT2D eigenvalue weighted by molar-refractivity contribution is 0.131. The molecule has 2 aromatic carbocycles. The molecule has 2 aliphatic carbocycles. The van der Waals surface area contributed by atoms with Gasteiger partial charge in [-0.1, -0.05) is 12.1 Å². The number of amides is 2. The van der Waals surface area contributed by atoms with Crippen LogP contribution in [0, 0.1) is 34.8 Å². The Kier molecular flexibility index (Phi) is 7.98. The van der Waals surface area contributed by atoms with E-state index in [2.05, 4.69) is 17.5 Å². The van der Waals surface area contributed by atoms with Crippen molar-refractivity contribution >= 4 is 21.9 Å². The molecule has 1 N–H and O–H groups in total. The summed E-state index contributed by atoms with van der Waals surface area (Å²) >= 11 is 0. The van der Waals surface area contributed by atoms with Crippen molar-refractivity contribution in [2.24, 2.45) is 11.8 Å². The van der Waals surface area contributed by atoms with Crippen molar-refractivity contribution in [2.75, 3.05) is 38.0 Å². The van der Waals surface area contributed by atoms with E-state index in [1.54, 1.807) is 8.61 Å². The largest absolute Gasteiger partial charge is 0.322 e. The van der Waals surface area contributed by atoms with Crippen LogP contribution in [0.25, 0.3) is 0 Å². The molecule has 4 fully saturated rings. The van der Waals surface area contributed by atoms with Gasteiger partial charge in [-0.2, -0.15) is 22.3 Å². The Morgan fingerprint density at radius 2 is 1.76 bits per heavy atom. The van der Waals surface area contributed by atoms with Gasteiger partial charge in [0, 0.05) is 50.5 Å². The van der Waals surface area contributed by atoms with Crippen LogP contribution in [-0.4, -0.2) is 66.7 Å². The van der Waals surface area contributed by atoms with Crippen LogP contribution in [0.2, 0.25) is 0 Å². The first-order valence-corrected chi connectivity index (χ1v) is 16.4. The van der Waals surface area contributed by atoms with Crippen LogP contribution >= 0.6 is 0 Å². The first-order chi connectivity index (χ1) is 20.2. The summed E-state index contributed by atoms with van der Waals surface area (Å²) in [7, 11) is -3.45. The number of carbonyl (C=O) groups excluding carboxylic acids is 1. The Morgan fingerprint density at radius 3 is 2.45 bits per heavy atom. The number of carbonyl (C=O) groups is 1. The van der Waals surface area contributed by atoms with Gasteiger partial charge in [0.2, 0.25) is 0 Å². The number of anilines is 1. The number of hydrogen-bond acceptors (Lipinski definition) is 4. The molecular weight excluding hydrogens is 560 g/mol. The van der Waals surface area contributed by atoms with Gasteiger partial charge in [-0.15, -0.1) is 0 Å². The lowest BCUT2D eigenvalue weighted by Gasteiger charge is -2.40. The molecule has 42 heavy (non-hydrogen) atoms. The second-order valence-electron chi connectivity index (χ2n) is 12.3. The molecule has 2 aliphatic heterocycles. The molecule has 3 atom stereocenters. The average molecular weight is 598 g/mol. The molecule has 4 aliphatic rings. The first-order valence-electron chi connectivity index (χ1n) is 15.0. The highest BCUT2D eigenvalue weighted by atomic mass is 32.2. The van der Waals surface area contributed by atoms with Gasteiger partial charge in [0.25, 0.3) is 10.2 Å². The highest BCUT2D eigenvalue weighted by molar-refractivity contribution is 7.86. The van der Waals surface area contributed by atoms with Gasteiger partial charge >= 0.3 is 6.03 Å². The molecule has 2 unspecified atom stereocenters. The van der Waals surface area contributed by atoms with Crippen LogP contribution in [0.1, 0.15) is 62.5 Å². The van der Waals surface area contributed by atoms with Crippen molar-refractivity contribution in [3.05, 3.63) is 65.2 Å². The Morgan fingerprint density at radius 1 is 1.02 bits per heavy atom. The summed E-state index contributed by atoms with van der Waals surface area (Å²) in [6.45, 7) is 2.47. The molecule has 0 bridgehead atoms. The van der Waals surface area contributed by atoms with Crippen molar-refractivity contribution in [3.63, 3.8) is 0 Å². The van der Waals surface area contributed by atoms with E-state index in [4.69, 9.17) is 0 Å². The number of nitriles is 1. The molecule has 11 heteroatoms. The Labute approximate surface area is 246 Å². The normalized spacial score (nSPS) is 26.8. The molecule has 8 nitrogen and oxygen atoms in total. The van der Waals surface area contributed by atoms with E-state index in [1.807, 2.05) is 23.1 Å². The maximum Gasteiger partial charge on any atom is 0.322 e. The van der Waals surface area contributed by atoms with Gasteiger partial charge in [-0.25, -0.2) is 13.6 Å². The number of fused-ring (bicyclic) bond motifs is 1. The number of nitrogens with one attached hydrogen (secondary N) is 1. The third kappa shape index (κ3) is 5.64. The van der Waals surface area contributed by atoms with Gasteiger partial charge in [0.15, 0.2) is 11.6 Å². The van der Waals surface area contributed by atoms with Crippen molar-refractivity contribution in [3.8, 4) is 6.07 Å². The van der Waals surface area contributed by atoms with Crippen molar-refractivity contribution < 1.29 is 22.0 Å². The van der Waals surface area contributed by atoms with Crippen LogP contribution in [0.15, 0.2) is 42.5 Å². The predicted molar refractivity (Wildman–Crippen MR) is 155 cm³/mol. The summed E-state index contributed by atoms with van der Waals surface area (Å²) in [4.78, 5) is 15.5. The number of halogens is 2. The first kappa shape index (κ1) is 29.0. The molecule has 0 aromatic heterocycles. The predicted octanol–water partition coefficient (Wildman–Crippen LogP) is 5.23. The zero-order valence-corrected chi connectivity index (χ0v) is 24.5. The minimum atomic E-state index is -3.45. The number of rotatable bonds is 7. The van der Waals surface area contributed by atoms with Crippen molar-refractivity contribution in [1.29, 1.82) is 5.26 Å². The maximum absolute atomic E-state index is 13.9. The zero-order chi connectivity index (χ0) is 29.5. The molecule has 224 valence electrons. The fourth-order valence-corrected chi connectivity index (χ4v) is 9.11. The van der Waals surface area contributed by atoms with Crippen LogP contribution in [0.5, 0.6) is 0 Å². The molecule has 2 amide bonds. The highest BCUT2D eigenvalue weighted by Crippen LogP contribution is 2.63. The molecule has 6 rings (SSSR count). The second kappa shape index (κ2) is 11.5. The Balaban J connectivity index is 1.15. The summed E-state index contributed by atoms with van der Waals surface area (Å²) in [6.07, 6.45) is 6.63. The monoisotopic (exact) mass is 597 g/mol. The Hall–Kier alpha value is -3.07. The van der Waals surface area contributed by atoms with Crippen LogP contribution in [0.4, 0.5) is 19.3 Å². The lowest BCUT2D eigenvalue weighted by atomic mass is 9.79. The van der Waals surface area contributed by atoms with E-state index in [9.17, 15) is 27.3 Å². The van der Waals surface area contributed by atoms with Gasteiger partial charge in [0.05, 0.1) is 11.6 Å². The minimum Gasteiger partial charge on any atom is -0.321 e. The molecule has 0 spiro atoms. The SMILES string of the molecule is N#Cc1cccc([C@]23CCC(N(CC4CCN(S(=O)(=O)N5CCCC5)CC4)C(=O)Nc4ccc(F)c(F)c4)CC2C3)c1.